The van der Waals surface area contributed by atoms with E-state index in [-0.39, 0.29) is 23.9 Å². The number of nitrogens with one attached hydrogen (secondary N) is 2. The van der Waals surface area contributed by atoms with Gasteiger partial charge in [-0.1, -0.05) is 59.6 Å². The van der Waals surface area contributed by atoms with Crippen molar-refractivity contribution in [1.82, 2.24) is 10.6 Å². The summed E-state index contributed by atoms with van der Waals surface area (Å²) in [5, 5.41) is 7.21. The van der Waals surface area contributed by atoms with E-state index < -0.39 is 0 Å². The lowest BCUT2D eigenvalue weighted by molar-refractivity contribution is -0.122. The van der Waals surface area contributed by atoms with Crippen molar-refractivity contribution in [2.75, 3.05) is 11.5 Å². The van der Waals surface area contributed by atoms with Gasteiger partial charge in [-0.3, -0.25) is 9.59 Å². The fourth-order valence-corrected chi connectivity index (χ4v) is 4.33. The Balaban J connectivity index is 1.62. The topological polar surface area (TPSA) is 58.2 Å². The first-order chi connectivity index (χ1) is 13.9. The summed E-state index contributed by atoms with van der Waals surface area (Å²) in [6, 6.07) is 14.7. The van der Waals surface area contributed by atoms with Crippen molar-refractivity contribution in [3.8, 4) is 0 Å². The van der Waals surface area contributed by atoms with Crippen LogP contribution >= 0.6 is 35.0 Å². The zero-order valence-electron chi connectivity index (χ0n) is 16.6. The van der Waals surface area contributed by atoms with Crippen molar-refractivity contribution in [3.63, 3.8) is 0 Å². The first kappa shape index (κ1) is 23.6. The lowest BCUT2D eigenvalue weighted by Gasteiger charge is -2.16. The lowest BCUT2D eigenvalue weighted by Crippen LogP contribution is -2.27. The summed E-state index contributed by atoms with van der Waals surface area (Å²) in [7, 11) is 0. The molecule has 0 heterocycles. The summed E-state index contributed by atoms with van der Waals surface area (Å²) in [6.45, 7) is 3.83. The molecule has 0 saturated carbocycles. The second kappa shape index (κ2) is 12.1. The molecule has 4 nitrogen and oxygen atoms in total. The minimum Gasteiger partial charge on any atom is -0.350 e. The minimum absolute atomic E-state index is 0.0262. The van der Waals surface area contributed by atoms with Crippen LogP contribution in [0.2, 0.25) is 10.0 Å². The van der Waals surface area contributed by atoms with Crippen LogP contribution in [0.15, 0.2) is 48.5 Å². The third-order valence-electron chi connectivity index (χ3n) is 4.45. The molecule has 2 N–H and O–H groups in total. The molecule has 2 aromatic carbocycles. The number of amides is 2. The van der Waals surface area contributed by atoms with E-state index in [1.165, 1.54) is 0 Å². The van der Waals surface area contributed by atoms with Crippen LogP contribution in [0.3, 0.4) is 0 Å². The predicted octanol–water partition coefficient (Wildman–Crippen LogP) is 5.56. The fourth-order valence-electron chi connectivity index (χ4n) is 2.87. The van der Waals surface area contributed by atoms with E-state index in [4.69, 9.17) is 23.2 Å². The number of carbonyl (C=O) groups excluding carboxylic acids is 2. The maximum atomic E-state index is 12.1. The van der Waals surface area contributed by atoms with E-state index >= 15 is 0 Å². The third kappa shape index (κ3) is 7.92. The number of benzene rings is 2. The Morgan fingerprint density at radius 1 is 0.793 bits per heavy atom. The van der Waals surface area contributed by atoms with Crippen molar-refractivity contribution in [2.45, 2.75) is 38.8 Å². The van der Waals surface area contributed by atoms with Crippen molar-refractivity contribution >= 4 is 46.8 Å². The van der Waals surface area contributed by atoms with Gasteiger partial charge >= 0.3 is 0 Å². The zero-order chi connectivity index (χ0) is 21.2. The molecule has 0 saturated heterocycles. The van der Waals surface area contributed by atoms with E-state index in [1.54, 1.807) is 11.8 Å². The SMILES string of the molecule is CC(NC(=O)CCSCCC(=O)NC(C)c1ccccc1Cl)c1ccccc1Cl. The summed E-state index contributed by atoms with van der Waals surface area (Å²) < 4.78 is 0. The normalized spacial score (nSPS) is 12.8. The highest BCUT2D eigenvalue weighted by Gasteiger charge is 2.13. The molecule has 0 fully saturated rings. The molecule has 0 spiro atoms. The first-order valence-electron chi connectivity index (χ1n) is 9.53. The molecule has 2 unspecified atom stereocenters. The molecule has 2 rings (SSSR count). The molecule has 156 valence electrons. The van der Waals surface area contributed by atoms with E-state index in [9.17, 15) is 9.59 Å². The van der Waals surface area contributed by atoms with Gasteiger partial charge in [-0.2, -0.15) is 11.8 Å². The van der Waals surface area contributed by atoms with E-state index in [0.717, 1.165) is 11.1 Å². The monoisotopic (exact) mass is 452 g/mol. The maximum Gasteiger partial charge on any atom is 0.221 e. The number of hydrogen-bond donors (Lipinski definition) is 2. The summed E-state index contributed by atoms with van der Waals surface area (Å²) >= 11 is 13.9. The number of hydrogen-bond acceptors (Lipinski definition) is 3. The number of rotatable bonds is 10. The molecule has 0 aromatic heterocycles. The fraction of sp³-hybridized carbons (Fsp3) is 0.364. The van der Waals surface area contributed by atoms with Gasteiger partial charge in [0.05, 0.1) is 12.1 Å². The average molecular weight is 453 g/mol. The average Bonchev–Trinajstić information content (AvgIpc) is 2.68. The van der Waals surface area contributed by atoms with Gasteiger partial charge in [0.2, 0.25) is 11.8 Å². The second-order valence-corrected chi connectivity index (χ2v) is 8.77. The minimum atomic E-state index is -0.140. The first-order valence-corrected chi connectivity index (χ1v) is 11.4. The van der Waals surface area contributed by atoms with Gasteiger partial charge in [0.15, 0.2) is 0 Å². The molecule has 0 bridgehead atoms. The number of halogens is 2. The quantitative estimate of drug-likeness (QED) is 0.463. The Morgan fingerprint density at radius 2 is 1.17 bits per heavy atom. The lowest BCUT2D eigenvalue weighted by atomic mass is 10.1. The molecule has 2 aromatic rings. The number of thioether (sulfide) groups is 1. The van der Waals surface area contributed by atoms with Crippen LogP contribution in [0.1, 0.15) is 49.9 Å². The van der Waals surface area contributed by atoms with Crippen LogP contribution in [-0.2, 0) is 9.59 Å². The van der Waals surface area contributed by atoms with Crippen LogP contribution < -0.4 is 10.6 Å². The Kier molecular flexibility index (Phi) is 9.85. The zero-order valence-corrected chi connectivity index (χ0v) is 18.9. The molecule has 0 aliphatic rings. The highest BCUT2D eigenvalue weighted by atomic mass is 35.5. The molecule has 7 heteroatoms. The van der Waals surface area contributed by atoms with Crippen molar-refractivity contribution in [1.29, 1.82) is 0 Å². The molecule has 0 aliphatic carbocycles. The van der Waals surface area contributed by atoms with Gasteiger partial charge in [0.1, 0.15) is 0 Å². The van der Waals surface area contributed by atoms with Gasteiger partial charge in [-0.25, -0.2) is 0 Å². The Labute approximate surface area is 186 Å². The van der Waals surface area contributed by atoms with Crippen LogP contribution in [0.5, 0.6) is 0 Å². The summed E-state index contributed by atoms with van der Waals surface area (Å²) in [5.74, 6) is 1.27. The van der Waals surface area contributed by atoms with Crippen molar-refractivity contribution in [2.24, 2.45) is 0 Å². The Morgan fingerprint density at radius 3 is 1.55 bits per heavy atom. The van der Waals surface area contributed by atoms with E-state index in [1.807, 2.05) is 62.4 Å². The predicted molar refractivity (Wildman–Crippen MR) is 123 cm³/mol. The van der Waals surface area contributed by atoms with Gasteiger partial charge in [-0.05, 0) is 37.1 Å². The molecule has 2 atom stereocenters. The van der Waals surface area contributed by atoms with Gasteiger partial charge < -0.3 is 10.6 Å². The highest BCUT2D eigenvalue weighted by Crippen LogP contribution is 2.23. The Bertz CT molecular complexity index is 764. The van der Waals surface area contributed by atoms with Crippen LogP contribution in [0, 0.1) is 0 Å². The van der Waals surface area contributed by atoms with Gasteiger partial charge in [-0.15, -0.1) is 0 Å². The standard InChI is InChI=1S/C22H26Cl2N2O2S/c1-15(17-7-3-5-9-19(17)23)25-21(27)11-13-29-14-12-22(28)26-16(2)18-8-4-6-10-20(18)24/h3-10,15-16H,11-14H2,1-2H3,(H,25,27)(H,26,28). The van der Waals surface area contributed by atoms with Gasteiger partial charge in [0, 0.05) is 34.4 Å². The van der Waals surface area contributed by atoms with Gasteiger partial charge in [0.25, 0.3) is 0 Å². The number of carbonyl (C=O) groups is 2. The second-order valence-electron chi connectivity index (χ2n) is 6.73. The highest BCUT2D eigenvalue weighted by molar-refractivity contribution is 7.99. The third-order valence-corrected chi connectivity index (χ3v) is 6.12. The van der Waals surface area contributed by atoms with Crippen molar-refractivity contribution < 1.29 is 9.59 Å². The van der Waals surface area contributed by atoms with E-state index in [2.05, 4.69) is 10.6 Å². The Hall–Kier alpha value is -1.69. The molecule has 29 heavy (non-hydrogen) atoms. The van der Waals surface area contributed by atoms with Crippen molar-refractivity contribution in [3.05, 3.63) is 69.7 Å². The molecular formula is C22H26Cl2N2O2S. The van der Waals surface area contributed by atoms with E-state index in [0.29, 0.717) is 34.4 Å². The summed E-state index contributed by atoms with van der Waals surface area (Å²) in [4.78, 5) is 24.2. The summed E-state index contributed by atoms with van der Waals surface area (Å²) in [5.41, 5.74) is 1.80. The largest absolute Gasteiger partial charge is 0.350 e. The van der Waals surface area contributed by atoms with Crippen LogP contribution in [-0.4, -0.2) is 23.3 Å². The van der Waals surface area contributed by atoms with Crippen LogP contribution in [0.25, 0.3) is 0 Å². The van der Waals surface area contributed by atoms with Crippen LogP contribution in [0.4, 0.5) is 0 Å². The molecule has 2 amide bonds. The maximum absolute atomic E-state index is 12.1. The molecule has 0 radical (unpaired) electrons. The molecular weight excluding hydrogens is 427 g/mol. The summed E-state index contributed by atoms with van der Waals surface area (Å²) in [6.07, 6.45) is 0.800. The molecule has 0 aliphatic heterocycles. The smallest absolute Gasteiger partial charge is 0.221 e.